The van der Waals surface area contributed by atoms with Crippen LogP contribution in [0, 0.1) is 0 Å². The van der Waals surface area contributed by atoms with Crippen molar-refractivity contribution in [2.45, 2.75) is 0 Å². The third-order valence-electron chi connectivity index (χ3n) is 10.2. The molecular formula is C44H23N3S3. The Labute approximate surface area is 296 Å². The van der Waals surface area contributed by atoms with Gasteiger partial charge in [-0.1, -0.05) is 91.0 Å². The van der Waals surface area contributed by atoms with Crippen LogP contribution in [0.15, 0.2) is 140 Å². The lowest BCUT2D eigenvalue weighted by Gasteiger charge is -2.11. The van der Waals surface area contributed by atoms with Crippen LogP contribution in [0.4, 0.5) is 0 Å². The second-order valence-electron chi connectivity index (χ2n) is 12.9. The topological polar surface area (TPSA) is 30.7 Å². The predicted octanol–water partition coefficient (Wildman–Crippen LogP) is 13.5. The van der Waals surface area contributed by atoms with Crippen LogP contribution in [-0.2, 0) is 0 Å². The molecule has 3 nitrogen and oxygen atoms in total. The lowest BCUT2D eigenvalue weighted by Crippen LogP contribution is -2.02. The van der Waals surface area contributed by atoms with E-state index in [4.69, 9.17) is 9.97 Å². The summed E-state index contributed by atoms with van der Waals surface area (Å²) in [7, 11) is 0. The predicted molar refractivity (Wildman–Crippen MR) is 218 cm³/mol. The van der Waals surface area contributed by atoms with E-state index < -0.39 is 0 Å². The van der Waals surface area contributed by atoms with Crippen molar-refractivity contribution in [1.29, 1.82) is 0 Å². The Kier molecular flexibility index (Phi) is 5.42. The highest BCUT2D eigenvalue weighted by Crippen LogP contribution is 2.44. The van der Waals surface area contributed by atoms with Crippen LogP contribution in [-0.4, -0.2) is 14.5 Å². The number of fused-ring (bicyclic) bond motifs is 14. The SMILES string of the molecule is c1ccc2c(c1)sc1cc(-c3nc(-n4c5ccccc5c5cc6ccc7sc8ccccc8c7c6cc54)nc4sc5ccccc5c34)ccc12. The molecule has 0 radical (unpaired) electrons. The number of benzene rings is 7. The van der Waals surface area contributed by atoms with Crippen LogP contribution >= 0.6 is 34.0 Å². The maximum absolute atomic E-state index is 5.54. The van der Waals surface area contributed by atoms with Crippen molar-refractivity contribution >= 4 is 127 Å². The smallest absolute Gasteiger partial charge is 0.236 e. The Bertz CT molecular complexity index is 3400. The number of hydrogen-bond donors (Lipinski definition) is 0. The molecule has 12 aromatic rings. The van der Waals surface area contributed by atoms with E-state index in [1.807, 2.05) is 22.7 Å². The molecule has 7 aromatic carbocycles. The first-order valence-corrected chi connectivity index (χ1v) is 19.1. The number of hydrogen-bond acceptors (Lipinski definition) is 5. The van der Waals surface area contributed by atoms with Crippen molar-refractivity contribution < 1.29 is 0 Å². The molecular weight excluding hydrogens is 667 g/mol. The molecule has 0 amide bonds. The van der Waals surface area contributed by atoms with Gasteiger partial charge in [0.2, 0.25) is 5.95 Å². The molecule has 5 aromatic heterocycles. The molecule has 0 aliphatic rings. The molecule has 5 heterocycles. The summed E-state index contributed by atoms with van der Waals surface area (Å²) in [5.74, 6) is 0.698. The summed E-state index contributed by atoms with van der Waals surface area (Å²) >= 11 is 5.46. The average Bonchev–Trinajstić information content (AvgIpc) is 3.91. The summed E-state index contributed by atoms with van der Waals surface area (Å²) in [5.41, 5.74) is 4.31. The van der Waals surface area contributed by atoms with Crippen LogP contribution < -0.4 is 0 Å². The van der Waals surface area contributed by atoms with Crippen molar-refractivity contribution in [2.75, 3.05) is 0 Å². The molecule has 0 spiro atoms. The van der Waals surface area contributed by atoms with Crippen molar-refractivity contribution in [1.82, 2.24) is 14.5 Å². The van der Waals surface area contributed by atoms with E-state index in [0.29, 0.717) is 5.95 Å². The van der Waals surface area contributed by atoms with Gasteiger partial charge in [0.25, 0.3) is 0 Å². The van der Waals surface area contributed by atoms with Crippen LogP contribution in [0.2, 0.25) is 0 Å². The van der Waals surface area contributed by atoms with Crippen molar-refractivity contribution in [2.24, 2.45) is 0 Å². The molecule has 12 rings (SSSR count). The van der Waals surface area contributed by atoms with Crippen LogP contribution in [0.3, 0.4) is 0 Å². The first kappa shape index (κ1) is 27.2. The Morgan fingerprint density at radius 3 is 1.90 bits per heavy atom. The standard InChI is InChI=1S/C44H23N3S3/c1-5-13-33-26(9-1)32-21-24-18-20-38-40(29-11-3-7-15-36(29)48-38)31(24)23-34(32)47(33)44-45-42(41-30-12-4-8-16-37(30)50-43(41)46-44)25-17-19-28-27-10-2-6-14-35(27)49-39(28)22-25/h1-23H. The number of para-hydroxylation sites is 1. The summed E-state index contributed by atoms with van der Waals surface area (Å²) in [6, 6.07) is 50.9. The fourth-order valence-corrected chi connectivity index (χ4v) is 11.4. The van der Waals surface area contributed by atoms with Crippen molar-refractivity contribution in [3.05, 3.63) is 140 Å². The highest BCUT2D eigenvalue weighted by atomic mass is 32.1. The van der Waals surface area contributed by atoms with Gasteiger partial charge in [0.15, 0.2) is 0 Å². The maximum atomic E-state index is 5.54. The molecule has 50 heavy (non-hydrogen) atoms. The fourth-order valence-electron chi connectivity index (χ4n) is 8.02. The van der Waals surface area contributed by atoms with Gasteiger partial charge in [0.05, 0.1) is 16.7 Å². The second-order valence-corrected chi connectivity index (χ2v) is 16.1. The zero-order chi connectivity index (χ0) is 32.5. The minimum Gasteiger partial charge on any atom is -0.278 e. The molecule has 6 heteroatoms. The van der Waals surface area contributed by atoms with Gasteiger partial charge in [-0.05, 0) is 59.3 Å². The summed E-state index contributed by atoms with van der Waals surface area (Å²) in [4.78, 5) is 11.9. The largest absolute Gasteiger partial charge is 0.278 e. The van der Waals surface area contributed by atoms with Crippen molar-refractivity contribution in [3.63, 3.8) is 0 Å². The van der Waals surface area contributed by atoms with E-state index in [2.05, 4.69) is 144 Å². The second kappa shape index (κ2) is 9.96. The van der Waals surface area contributed by atoms with Crippen LogP contribution in [0.1, 0.15) is 0 Å². The molecule has 0 aliphatic heterocycles. The normalized spacial score (nSPS) is 12.4. The molecule has 0 atom stereocenters. The molecule has 0 saturated carbocycles. The molecule has 0 unspecified atom stereocenters. The number of thiophene rings is 3. The van der Waals surface area contributed by atoms with E-state index in [1.165, 1.54) is 72.0 Å². The number of aromatic nitrogens is 3. The van der Waals surface area contributed by atoms with Gasteiger partial charge in [-0.2, -0.15) is 0 Å². The Hall–Kier alpha value is -5.66. The zero-order valence-corrected chi connectivity index (χ0v) is 28.8. The maximum Gasteiger partial charge on any atom is 0.236 e. The van der Waals surface area contributed by atoms with Gasteiger partial charge < -0.3 is 0 Å². The van der Waals surface area contributed by atoms with Gasteiger partial charge in [-0.3, -0.25) is 4.57 Å². The van der Waals surface area contributed by atoms with E-state index in [0.717, 1.165) is 32.5 Å². The van der Waals surface area contributed by atoms with Gasteiger partial charge in [0.1, 0.15) is 4.83 Å². The first-order valence-electron chi connectivity index (χ1n) is 16.7. The molecule has 0 aliphatic carbocycles. The summed E-state index contributed by atoms with van der Waals surface area (Å²) in [5, 5.41) is 12.5. The highest BCUT2D eigenvalue weighted by Gasteiger charge is 2.21. The molecule has 0 N–H and O–H groups in total. The van der Waals surface area contributed by atoms with Crippen molar-refractivity contribution in [3.8, 4) is 17.2 Å². The fraction of sp³-hybridized carbons (Fsp3) is 0. The Morgan fingerprint density at radius 1 is 0.400 bits per heavy atom. The average molecular weight is 690 g/mol. The van der Waals surface area contributed by atoms with Crippen LogP contribution in [0.25, 0.3) is 110 Å². The number of nitrogens with zero attached hydrogens (tertiary/aromatic N) is 3. The van der Waals surface area contributed by atoms with Gasteiger partial charge in [0, 0.05) is 72.2 Å². The first-order chi connectivity index (χ1) is 24.8. The van der Waals surface area contributed by atoms with E-state index >= 15 is 0 Å². The third kappa shape index (κ3) is 3.67. The van der Waals surface area contributed by atoms with Gasteiger partial charge in [-0.25, -0.2) is 9.97 Å². The molecule has 0 saturated heterocycles. The molecule has 232 valence electrons. The molecule has 0 bridgehead atoms. The van der Waals surface area contributed by atoms with E-state index in [-0.39, 0.29) is 0 Å². The minimum absolute atomic E-state index is 0.698. The highest BCUT2D eigenvalue weighted by molar-refractivity contribution is 7.26. The lowest BCUT2D eigenvalue weighted by atomic mass is 10.0. The summed E-state index contributed by atoms with van der Waals surface area (Å²) in [6.07, 6.45) is 0. The van der Waals surface area contributed by atoms with Gasteiger partial charge in [-0.15, -0.1) is 34.0 Å². The van der Waals surface area contributed by atoms with E-state index in [9.17, 15) is 0 Å². The third-order valence-corrected chi connectivity index (χ3v) is 13.6. The summed E-state index contributed by atoms with van der Waals surface area (Å²) in [6.45, 7) is 0. The Balaban J connectivity index is 1.20. The quantitative estimate of drug-likeness (QED) is 0.181. The summed E-state index contributed by atoms with van der Waals surface area (Å²) < 4.78 is 8.71. The van der Waals surface area contributed by atoms with Crippen LogP contribution in [0.5, 0.6) is 0 Å². The zero-order valence-electron chi connectivity index (χ0n) is 26.3. The lowest BCUT2D eigenvalue weighted by molar-refractivity contribution is 1.02. The minimum atomic E-state index is 0.698. The van der Waals surface area contributed by atoms with Gasteiger partial charge >= 0.3 is 0 Å². The number of rotatable bonds is 2. The van der Waals surface area contributed by atoms with E-state index in [1.54, 1.807) is 11.3 Å². The Morgan fingerprint density at radius 2 is 1.06 bits per heavy atom. The molecule has 0 fully saturated rings. The monoisotopic (exact) mass is 689 g/mol.